The molecule has 0 bridgehead atoms. The summed E-state index contributed by atoms with van der Waals surface area (Å²) in [5.41, 5.74) is 7.12. The smallest absolute Gasteiger partial charge is 1.00 e. The van der Waals surface area contributed by atoms with Crippen molar-refractivity contribution in [2.75, 3.05) is 0 Å². The monoisotopic (exact) mass is 339 g/mol. The topological polar surface area (TPSA) is 0 Å². The Kier molecular flexibility index (Phi) is 9.50. The van der Waals surface area contributed by atoms with Crippen molar-refractivity contribution in [3.05, 3.63) is 50.8 Å². The first-order chi connectivity index (χ1) is 7.11. The van der Waals surface area contributed by atoms with E-state index in [4.69, 9.17) is 0 Å². The van der Waals surface area contributed by atoms with Crippen LogP contribution >= 0.6 is 0 Å². The number of benzene rings is 1. The Morgan fingerprint density at radius 1 is 0.944 bits per heavy atom. The molecule has 0 unspecified atom stereocenters. The van der Waals surface area contributed by atoms with E-state index in [-0.39, 0.29) is 37.2 Å². The van der Waals surface area contributed by atoms with Gasteiger partial charge >= 0.3 is 101 Å². The Hall–Kier alpha value is 0.154. The van der Waals surface area contributed by atoms with Crippen LogP contribution in [-0.2, 0) is 17.4 Å². The quantitative estimate of drug-likeness (QED) is 0.480. The van der Waals surface area contributed by atoms with Gasteiger partial charge in [0.05, 0.1) is 0 Å². The van der Waals surface area contributed by atoms with Crippen molar-refractivity contribution in [3.8, 4) is 0 Å². The van der Waals surface area contributed by atoms with E-state index in [9.17, 15) is 0 Å². The zero-order valence-electron chi connectivity index (χ0n) is 10.6. The van der Waals surface area contributed by atoms with Gasteiger partial charge in [0.2, 0.25) is 0 Å². The fraction of sp³-hybridized carbons (Fsp3) is 0.286. The molecule has 1 aromatic rings. The average molecular weight is 341 g/mol. The van der Waals surface area contributed by atoms with Crippen molar-refractivity contribution in [2.24, 2.45) is 0 Å². The number of hydrogen-bond acceptors (Lipinski definition) is 0. The van der Waals surface area contributed by atoms with Crippen LogP contribution in [0.4, 0.5) is 0 Å². The van der Waals surface area contributed by atoms with E-state index >= 15 is 0 Å². The summed E-state index contributed by atoms with van der Waals surface area (Å²) in [6.45, 7) is 6.63. The van der Waals surface area contributed by atoms with E-state index < -0.39 is 0 Å². The molecule has 0 fully saturated rings. The molecule has 97 valence electrons. The van der Waals surface area contributed by atoms with Crippen LogP contribution in [0.1, 0.15) is 30.0 Å². The Morgan fingerprint density at radius 3 is 1.83 bits per heavy atom. The van der Waals surface area contributed by atoms with Gasteiger partial charge in [-0.1, -0.05) is 0 Å². The van der Waals surface area contributed by atoms with Crippen molar-refractivity contribution in [3.63, 3.8) is 0 Å². The zero-order valence-corrected chi connectivity index (χ0v) is 14.3. The van der Waals surface area contributed by atoms with Crippen LogP contribution in [0.15, 0.2) is 34.1 Å². The molecule has 0 saturated heterocycles. The predicted molar refractivity (Wildman–Crippen MR) is 61.2 cm³/mol. The zero-order chi connectivity index (χ0) is 11.0. The molecule has 0 aromatic heterocycles. The number of aryl methyl sites for hydroxylation is 2. The maximum atomic E-state index is 2.70. The normalized spacial score (nSPS) is 13.3. The third-order valence-corrected chi connectivity index (χ3v) is 3.65. The van der Waals surface area contributed by atoms with Gasteiger partial charge in [0.1, 0.15) is 0 Å². The Bertz CT molecular complexity index is 456. The van der Waals surface area contributed by atoms with Crippen molar-refractivity contribution < 1.29 is 54.6 Å². The van der Waals surface area contributed by atoms with Crippen LogP contribution in [0.3, 0.4) is 0 Å². The number of halogens is 3. The molecule has 18 heavy (non-hydrogen) atoms. The van der Waals surface area contributed by atoms with Gasteiger partial charge in [-0.25, -0.2) is 0 Å². The molecule has 0 aliphatic heterocycles. The SMILES string of the molecule is CC1=C(c2c(C)cccc2C)[C]([V+3])=CC1.[Cl-].[Cl-].[Cl-]. The van der Waals surface area contributed by atoms with E-state index in [0.717, 1.165) is 6.42 Å². The summed E-state index contributed by atoms with van der Waals surface area (Å²) >= 11 is 2.70. The van der Waals surface area contributed by atoms with E-state index in [1.165, 1.54) is 32.1 Å². The Morgan fingerprint density at radius 2 is 1.44 bits per heavy atom. The van der Waals surface area contributed by atoms with Gasteiger partial charge in [0, 0.05) is 0 Å². The van der Waals surface area contributed by atoms with Crippen LogP contribution < -0.4 is 37.2 Å². The van der Waals surface area contributed by atoms with Crippen molar-refractivity contribution in [2.45, 2.75) is 27.2 Å². The van der Waals surface area contributed by atoms with E-state index in [1.807, 2.05) is 0 Å². The summed E-state index contributed by atoms with van der Waals surface area (Å²) in [7, 11) is 0. The van der Waals surface area contributed by atoms with Gasteiger partial charge in [0.25, 0.3) is 0 Å². The Labute approximate surface area is 138 Å². The summed E-state index contributed by atoms with van der Waals surface area (Å²) in [5, 5.41) is 0. The minimum atomic E-state index is 0. The standard InChI is InChI=1S/C14H15.3ClH.V/c1-10-6-5-9-13(10)14-11(2)7-4-8-12(14)3;;;;/h4-5,7-8H,6H2,1-3H3;3*1H;/q;;;;+3/p-3. The van der Waals surface area contributed by atoms with E-state index in [1.54, 1.807) is 0 Å². The third kappa shape index (κ3) is 3.82. The van der Waals surface area contributed by atoms with Crippen LogP contribution in [0.25, 0.3) is 5.57 Å². The average Bonchev–Trinajstić information content (AvgIpc) is 2.49. The van der Waals surface area contributed by atoms with E-state index in [2.05, 4.69) is 62.5 Å². The van der Waals surface area contributed by atoms with Gasteiger partial charge in [0.15, 0.2) is 0 Å². The summed E-state index contributed by atoms with van der Waals surface area (Å²) in [4.78, 5) is 0. The summed E-state index contributed by atoms with van der Waals surface area (Å²) in [6, 6.07) is 6.52. The first-order valence-electron chi connectivity index (χ1n) is 5.27. The molecule has 0 atom stereocenters. The largest absolute Gasteiger partial charge is 1.00 e. The van der Waals surface area contributed by atoms with Gasteiger partial charge in [-0.3, -0.25) is 0 Å². The number of hydrogen-bond donors (Lipinski definition) is 0. The second kappa shape index (κ2) is 8.35. The second-order valence-corrected chi connectivity index (χ2v) is 4.97. The minimum Gasteiger partial charge on any atom is -1.00 e. The maximum Gasteiger partial charge on any atom is -1.00 e. The maximum absolute atomic E-state index is 2.70. The van der Waals surface area contributed by atoms with Crippen LogP contribution in [-0.4, -0.2) is 0 Å². The first-order valence-corrected chi connectivity index (χ1v) is 5.97. The fourth-order valence-corrected chi connectivity index (χ4v) is 2.84. The molecule has 2 rings (SSSR count). The minimum absolute atomic E-state index is 0. The summed E-state index contributed by atoms with van der Waals surface area (Å²) in [6.07, 6.45) is 3.41. The summed E-state index contributed by atoms with van der Waals surface area (Å²) < 4.78 is 1.37. The molecule has 1 aliphatic rings. The van der Waals surface area contributed by atoms with Crippen molar-refractivity contribution in [1.82, 2.24) is 0 Å². The number of rotatable bonds is 1. The molecule has 0 saturated carbocycles. The molecule has 1 aromatic carbocycles. The molecule has 0 spiro atoms. The molecule has 0 N–H and O–H groups in total. The van der Waals surface area contributed by atoms with Crippen molar-refractivity contribution >= 4 is 5.57 Å². The molecule has 0 heterocycles. The van der Waals surface area contributed by atoms with Gasteiger partial charge in [-0.05, 0) is 0 Å². The fourth-order valence-electron chi connectivity index (χ4n) is 2.22. The van der Waals surface area contributed by atoms with Crippen molar-refractivity contribution in [1.29, 1.82) is 0 Å². The predicted octanol–water partition coefficient (Wildman–Crippen LogP) is -5.08. The molecule has 0 nitrogen and oxygen atoms in total. The Balaban J connectivity index is 0. The molecule has 4 heteroatoms. The van der Waals surface area contributed by atoms with Crippen LogP contribution in [0, 0.1) is 13.8 Å². The molecular weight excluding hydrogens is 325 g/mol. The van der Waals surface area contributed by atoms with Crippen LogP contribution in [0.2, 0.25) is 0 Å². The molecule has 0 amide bonds. The molecule has 0 radical (unpaired) electrons. The first kappa shape index (κ1) is 20.5. The van der Waals surface area contributed by atoms with Gasteiger partial charge < -0.3 is 37.2 Å². The second-order valence-electron chi connectivity index (χ2n) is 4.22. The summed E-state index contributed by atoms with van der Waals surface area (Å²) in [5.74, 6) is 0. The van der Waals surface area contributed by atoms with Gasteiger partial charge in [-0.15, -0.1) is 0 Å². The number of allylic oxidation sites excluding steroid dienone is 4. The van der Waals surface area contributed by atoms with Crippen LogP contribution in [0.5, 0.6) is 0 Å². The molecule has 1 aliphatic carbocycles. The van der Waals surface area contributed by atoms with Gasteiger partial charge in [-0.2, -0.15) is 0 Å². The molecular formula is C14H15Cl3V. The third-order valence-electron chi connectivity index (χ3n) is 3.02. The van der Waals surface area contributed by atoms with E-state index in [0.29, 0.717) is 0 Å².